The maximum Gasteiger partial charge on any atom is 0.337 e. The summed E-state index contributed by atoms with van der Waals surface area (Å²) < 4.78 is 11.5. The van der Waals surface area contributed by atoms with Crippen molar-refractivity contribution in [3.8, 4) is 45.3 Å². The predicted octanol–water partition coefficient (Wildman–Crippen LogP) is 9.60. The van der Waals surface area contributed by atoms with Gasteiger partial charge in [-0.25, -0.2) is 47.9 Å². The van der Waals surface area contributed by atoms with E-state index in [2.05, 4.69) is 0 Å². The number of hydrogen-bond acceptors (Lipinski definition) is 12. The summed E-state index contributed by atoms with van der Waals surface area (Å²) in [7, 11) is 0. The minimum atomic E-state index is -1.67. The largest absolute Gasteiger partial charge is 0.478 e. The number of benzene rings is 7. The van der Waals surface area contributed by atoms with E-state index in [9.17, 15) is 99.0 Å². The van der Waals surface area contributed by atoms with Crippen molar-refractivity contribution in [1.29, 1.82) is 0 Å². The van der Waals surface area contributed by atoms with Crippen molar-refractivity contribution < 1.29 is 108 Å². The molecule has 7 aromatic rings. The smallest absolute Gasteiger partial charge is 0.337 e. The van der Waals surface area contributed by atoms with E-state index >= 15 is 0 Å². The lowest BCUT2D eigenvalue weighted by molar-refractivity contribution is 0.0649. The van der Waals surface area contributed by atoms with Crippen LogP contribution in [0.1, 0.15) is 129 Å². The monoisotopic (exact) mass is 1050 g/mol. The van der Waals surface area contributed by atoms with Crippen LogP contribution in [0.25, 0.3) is 22.3 Å². The van der Waals surface area contributed by atoms with Gasteiger partial charge in [-0.3, -0.25) is 0 Å². The topological polar surface area (TPSA) is 391 Å². The van der Waals surface area contributed by atoms with Gasteiger partial charge in [0, 0.05) is 5.41 Å². The first-order valence-electron chi connectivity index (χ1n) is 21.8. The molecule has 22 nitrogen and oxygen atoms in total. The van der Waals surface area contributed by atoms with Gasteiger partial charge in [0.05, 0.1) is 55.6 Å². The Morgan fingerprint density at radius 3 is 0.844 bits per heavy atom. The second kappa shape index (κ2) is 22.3. The quantitative estimate of drug-likeness (QED) is 0.0382. The van der Waals surface area contributed by atoms with Crippen LogP contribution in [0.4, 0.5) is 0 Å². The molecule has 0 amide bonds. The molecule has 0 aliphatic heterocycles. The molecule has 0 aliphatic carbocycles. The maximum absolute atomic E-state index is 11.8. The molecule has 0 atom stereocenters. The molecule has 390 valence electrons. The SMILES string of the molecule is CC(C)(c1ccc(Oc2ccc(C(=O)O)c(C(=O)O)c2)cc1)c1ccc(Oc2ccc(C(=O)O)c(C(=O)O)c2)cc1.O=C(O)c1cc(C(=O)O)c(C(=O)O)c(-c2ccc(-c3cc(C(=O)O)cc(C(=O)O)c3C(=O)O)cc2)c1. The van der Waals surface area contributed by atoms with Gasteiger partial charge < -0.3 is 60.5 Å². The molecule has 7 rings (SSSR count). The van der Waals surface area contributed by atoms with Gasteiger partial charge in [-0.1, -0.05) is 62.4 Å². The molecule has 0 aliphatic rings. The molecule has 0 fully saturated rings. The summed E-state index contributed by atoms with van der Waals surface area (Å²) in [5, 5.41) is 93.6. The Kier molecular flexibility index (Phi) is 16.0. The first-order valence-corrected chi connectivity index (χ1v) is 21.8. The molecule has 0 radical (unpaired) electrons. The van der Waals surface area contributed by atoms with Gasteiger partial charge in [-0.15, -0.1) is 0 Å². The number of aromatic carboxylic acids is 10. The van der Waals surface area contributed by atoms with Gasteiger partial charge in [0.25, 0.3) is 0 Å². The van der Waals surface area contributed by atoms with Crippen LogP contribution in [-0.2, 0) is 5.41 Å². The summed E-state index contributed by atoms with van der Waals surface area (Å²) in [6.45, 7) is 4.04. The Morgan fingerprint density at radius 1 is 0.299 bits per heavy atom. The fourth-order valence-corrected chi connectivity index (χ4v) is 7.83. The second-order valence-corrected chi connectivity index (χ2v) is 16.8. The lowest BCUT2D eigenvalue weighted by Crippen LogP contribution is -2.18. The Morgan fingerprint density at radius 2 is 0.584 bits per heavy atom. The third-order valence-corrected chi connectivity index (χ3v) is 11.7. The van der Waals surface area contributed by atoms with Crippen molar-refractivity contribution in [2.75, 3.05) is 0 Å². The number of ether oxygens (including phenoxy) is 2. The summed E-state index contributed by atoms with van der Waals surface area (Å²) >= 11 is 0. The van der Waals surface area contributed by atoms with Crippen LogP contribution in [0, 0.1) is 0 Å². The summed E-state index contributed by atoms with van der Waals surface area (Å²) in [6.07, 6.45) is 0. The molecule has 0 saturated heterocycles. The molecule has 22 heteroatoms. The van der Waals surface area contributed by atoms with Crippen molar-refractivity contribution in [3.63, 3.8) is 0 Å². The fraction of sp³-hybridized carbons (Fsp3) is 0.0545. The number of carbonyl (C=O) groups is 10. The highest BCUT2D eigenvalue weighted by Gasteiger charge is 2.28. The Balaban J connectivity index is 0.000000252. The van der Waals surface area contributed by atoms with E-state index in [1.54, 1.807) is 24.3 Å². The van der Waals surface area contributed by atoms with Gasteiger partial charge in [0.15, 0.2) is 0 Å². The number of hydrogen-bond donors (Lipinski definition) is 10. The van der Waals surface area contributed by atoms with Crippen LogP contribution in [0.3, 0.4) is 0 Å². The van der Waals surface area contributed by atoms with Crippen LogP contribution in [-0.4, -0.2) is 111 Å². The number of carboxylic acid groups (broad SMARTS) is 10. The van der Waals surface area contributed by atoms with E-state index in [-0.39, 0.29) is 56.0 Å². The first-order chi connectivity index (χ1) is 36.2. The standard InChI is InChI=1S/C31H24O10.C24H14O12/c1-31(2,17-3-7-19(8-4-17)40-21-11-13-23(27(32)33)25(15-21)29(36)37)18-5-9-20(10-6-18)41-22-12-14-24(28(34)35)26(16-22)30(38)39;25-19(26)11-5-13(17(23(33)34)15(7-11)21(29)30)9-1-2-10(4-3-9)14-6-12(20(27)28)8-16(22(31)32)18(14)24(35)36/h3-16H,1-2H3,(H,32,33)(H,34,35)(H,36,37)(H,38,39);1-8H,(H,25,26)(H,27,28)(H,29,30)(H,31,32)(H,33,34)(H,35,36). The molecule has 0 spiro atoms. The fourth-order valence-electron chi connectivity index (χ4n) is 7.83. The number of rotatable bonds is 18. The third-order valence-electron chi connectivity index (χ3n) is 11.7. The minimum absolute atomic E-state index is 0.0477. The van der Waals surface area contributed by atoms with E-state index in [0.29, 0.717) is 23.6 Å². The average Bonchev–Trinajstić information content (AvgIpc) is 3.38. The van der Waals surface area contributed by atoms with Crippen LogP contribution in [0.2, 0.25) is 0 Å². The zero-order valence-electron chi connectivity index (χ0n) is 39.6. The van der Waals surface area contributed by atoms with E-state index in [1.165, 1.54) is 48.5 Å². The molecule has 0 saturated carbocycles. The Hall–Kier alpha value is -11.2. The van der Waals surface area contributed by atoms with E-state index in [1.807, 2.05) is 38.1 Å². The molecule has 10 N–H and O–H groups in total. The van der Waals surface area contributed by atoms with Crippen LogP contribution >= 0.6 is 0 Å². The third kappa shape index (κ3) is 12.2. The van der Waals surface area contributed by atoms with Gasteiger partial charge >= 0.3 is 59.7 Å². The van der Waals surface area contributed by atoms with Gasteiger partial charge in [-0.05, 0) is 118 Å². The molecule has 0 unspecified atom stereocenters. The minimum Gasteiger partial charge on any atom is -0.478 e. The van der Waals surface area contributed by atoms with Crippen molar-refractivity contribution >= 4 is 59.7 Å². The summed E-state index contributed by atoms with van der Waals surface area (Å²) in [5.74, 6) is -13.9. The molecule has 0 bridgehead atoms. The Labute approximate surface area is 431 Å². The molecule has 0 aromatic heterocycles. The van der Waals surface area contributed by atoms with Crippen molar-refractivity contribution in [2.24, 2.45) is 0 Å². The number of carboxylic acids is 10. The highest BCUT2D eigenvalue weighted by molar-refractivity contribution is 6.11. The van der Waals surface area contributed by atoms with Gasteiger partial charge in [0.2, 0.25) is 0 Å². The van der Waals surface area contributed by atoms with Crippen molar-refractivity contribution in [2.45, 2.75) is 19.3 Å². The predicted molar refractivity (Wildman–Crippen MR) is 265 cm³/mol. The maximum atomic E-state index is 11.8. The Bertz CT molecular complexity index is 3370. The van der Waals surface area contributed by atoms with E-state index < -0.39 is 98.5 Å². The lowest BCUT2D eigenvalue weighted by atomic mass is 9.78. The highest BCUT2D eigenvalue weighted by atomic mass is 16.5. The summed E-state index contributed by atoms with van der Waals surface area (Å²) in [4.78, 5) is 115. The van der Waals surface area contributed by atoms with Gasteiger partial charge in [0.1, 0.15) is 23.0 Å². The lowest BCUT2D eigenvalue weighted by Gasteiger charge is -2.26. The van der Waals surface area contributed by atoms with E-state index in [4.69, 9.17) is 9.47 Å². The second-order valence-electron chi connectivity index (χ2n) is 16.8. The summed E-state index contributed by atoms with van der Waals surface area (Å²) in [6, 6.07) is 30.1. The molecule has 0 heterocycles. The highest BCUT2D eigenvalue weighted by Crippen LogP contribution is 2.37. The normalized spacial score (nSPS) is 10.7. The average molecular weight is 1050 g/mol. The first kappa shape index (κ1) is 55.2. The van der Waals surface area contributed by atoms with Crippen molar-refractivity contribution in [1.82, 2.24) is 0 Å². The van der Waals surface area contributed by atoms with E-state index in [0.717, 1.165) is 35.4 Å². The molecular formula is C55H38O22. The molecular weight excluding hydrogens is 1010 g/mol. The zero-order valence-corrected chi connectivity index (χ0v) is 39.6. The zero-order chi connectivity index (χ0) is 56.8. The molecule has 7 aromatic carbocycles. The molecule has 77 heavy (non-hydrogen) atoms. The van der Waals surface area contributed by atoms with Crippen molar-refractivity contribution in [3.05, 3.63) is 200 Å². The van der Waals surface area contributed by atoms with Gasteiger partial charge in [-0.2, -0.15) is 0 Å². The van der Waals surface area contributed by atoms with Crippen LogP contribution in [0.15, 0.2) is 133 Å². The van der Waals surface area contributed by atoms with Crippen LogP contribution in [0.5, 0.6) is 23.0 Å². The van der Waals surface area contributed by atoms with Crippen LogP contribution < -0.4 is 9.47 Å². The summed E-state index contributed by atoms with van der Waals surface area (Å²) in [5.41, 5.74) is -4.29.